The van der Waals surface area contributed by atoms with Crippen LogP contribution in [0, 0.1) is 0 Å². The molecule has 1 aromatic carbocycles. The molecule has 6 nitrogen and oxygen atoms in total. The minimum absolute atomic E-state index is 0.751. The highest BCUT2D eigenvalue weighted by Gasteiger charge is 2.16. The van der Waals surface area contributed by atoms with Crippen LogP contribution in [0.25, 0.3) is 22.6 Å². The number of hydrogen-bond donors (Lipinski definition) is 0. The van der Waals surface area contributed by atoms with Crippen LogP contribution in [0.5, 0.6) is 0 Å². The Balaban J connectivity index is 1.45. The van der Waals surface area contributed by atoms with Crippen molar-refractivity contribution in [1.82, 2.24) is 24.8 Å². The van der Waals surface area contributed by atoms with Crippen molar-refractivity contribution in [3.8, 4) is 11.4 Å². The second-order valence-electron chi connectivity index (χ2n) is 6.52. The Morgan fingerprint density at radius 3 is 2.52 bits per heavy atom. The summed E-state index contributed by atoms with van der Waals surface area (Å²) in [5, 5.41) is 13.4. The molecule has 6 heteroatoms. The molecule has 0 bridgehead atoms. The van der Waals surface area contributed by atoms with E-state index >= 15 is 0 Å². The van der Waals surface area contributed by atoms with Crippen LogP contribution in [0.4, 0.5) is 5.82 Å². The number of rotatable bonds is 3. The van der Waals surface area contributed by atoms with Crippen LogP contribution < -0.4 is 4.90 Å². The van der Waals surface area contributed by atoms with Crippen molar-refractivity contribution in [3.05, 3.63) is 78.6 Å². The predicted octanol–water partition coefficient (Wildman–Crippen LogP) is 3.48. The predicted molar refractivity (Wildman–Crippen MR) is 105 cm³/mol. The van der Waals surface area contributed by atoms with E-state index in [-0.39, 0.29) is 0 Å². The van der Waals surface area contributed by atoms with Crippen molar-refractivity contribution in [1.29, 1.82) is 0 Å². The lowest BCUT2D eigenvalue weighted by atomic mass is 10.0. The summed E-state index contributed by atoms with van der Waals surface area (Å²) >= 11 is 0. The summed E-state index contributed by atoms with van der Waals surface area (Å²) in [7, 11) is 0. The van der Waals surface area contributed by atoms with Crippen LogP contribution in [0.1, 0.15) is 12.0 Å². The summed E-state index contributed by atoms with van der Waals surface area (Å²) in [6, 6.07) is 18.1. The molecule has 0 unspecified atom stereocenters. The van der Waals surface area contributed by atoms with Crippen LogP contribution >= 0.6 is 0 Å². The van der Waals surface area contributed by atoms with Gasteiger partial charge in [-0.2, -0.15) is 4.52 Å². The van der Waals surface area contributed by atoms with Crippen LogP contribution in [0.3, 0.4) is 0 Å². The summed E-state index contributed by atoms with van der Waals surface area (Å²) in [5.74, 6) is 1.69. The Morgan fingerprint density at radius 2 is 1.74 bits per heavy atom. The largest absolute Gasteiger partial charge is 0.351 e. The normalized spacial score (nSPS) is 14.4. The molecular weight excluding hydrogens is 336 g/mol. The Labute approximate surface area is 156 Å². The van der Waals surface area contributed by atoms with Gasteiger partial charge in [0.25, 0.3) is 0 Å². The van der Waals surface area contributed by atoms with Crippen molar-refractivity contribution < 1.29 is 0 Å². The van der Waals surface area contributed by atoms with Gasteiger partial charge in [0.05, 0.1) is 0 Å². The number of hydrogen-bond acceptors (Lipinski definition) is 5. The molecule has 0 N–H and O–H groups in total. The molecule has 0 atom stereocenters. The fourth-order valence-electron chi connectivity index (χ4n) is 3.41. The molecule has 0 spiro atoms. The number of nitrogens with zero attached hydrogens (tertiary/aromatic N) is 6. The molecule has 0 fully saturated rings. The number of aromatic nitrogens is 5. The molecule has 1 aliphatic heterocycles. The van der Waals surface area contributed by atoms with Crippen molar-refractivity contribution in [2.45, 2.75) is 6.42 Å². The number of pyridine rings is 1. The fraction of sp³-hybridized carbons (Fsp3) is 0.143. The van der Waals surface area contributed by atoms with Crippen molar-refractivity contribution in [3.63, 3.8) is 0 Å². The summed E-state index contributed by atoms with van der Waals surface area (Å²) in [4.78, 5) is 6.49. The molecular formula is C21H18N6. The second kappa shape index (κ2) is 6.64. The van der Waals surface area contributed by atoms with Gasteiger partial charge in [-0.05, 0) is 35.8 Å². The Hall–Kier alpha value is -3.54. The maximum atomic E-state index is 4.81. The van der Waals surface area contributed by atoms with E-state index in [1.165, 1.54) is 11.1 Å². The standard InChI is InChI=1S/C21H18N6/c1-2-5-17(6-3-1)21-24-23-19-8-9-20(25-27(19)21)26-13-10-16(11-14-26)18-7-4-12-22-15-18/h1-10,12,15H,11,13-14H2. The van der Waals surface area contributed by atoms with Gasteiger partial charge in [0, 0.05) is 31.0 Å². The van der Waals surface area contributed by atoms with Gasteiger partial charge in [-0.3, -0.25) is 4.98 Å². The highest BCUT2D eigenvalue weighted by molar-refractivity contribution is 5.68. The Kier molecular flexibility index (Phi) is 3.86. The third kappa shape index (κ3) is 2.95. The second-order valence-corrected chi connectivity index (χ2v) is 6.52. The van der Waals surface area contributed by atoms with E-state index in [0.29, 0.717) is 0 Å². The lowest BCUT2D eigenvalue weighted by molar-refractivity contribution is 0.789. The molecule has 27 heavy (non-hydrogen) atoms. The third-order valence-electron chi connectivity index (χ3n) is 4.85. The fourth-order valence-corrected chi connectivity index (χ4v) is 3.41. The molecule has 0 aliphatic carbocycles. The van der Waals surface area contributed by atoms with Gasteiger partial charge in [-0.15, -0.1) is 15.3 Å². The lowest BCUT2D eigenvalue weighted by Gasteiger charge is -2.27. The van der Waals surface area contributed by atoms with E-state index in [2.05, 4.69) is 32.2 Å². The van der Waals surface area contributed by atoms with Gasteiger partial charge in [-0.25, -0.2) is 0 Å². The van der Waals surface area contributed by atoms with Gasteiger partial charge < -0.3 is 4.90 Å². The number of benzene rings is 1. The van der Waals surface area contributed by atoms with E-state index < -0.39 is 0 Å². The van der Waals surface area contributed by atoms with Crippen molar-refractivity contribution in [2.75, 3.05) is 18.0 Å². The SMILES string of the molecule is C1=C(c2cccnc2)CCN(c2ccc3nnc(-c4ccccc4)n3n2)C1. The first kappa shape index (κ1) is 15.7. The van der Waals surface area contributed by atoms with E-state index in [1.54, 1.807) is 0 Å². The van der Waals surface area contributed by atoms with Gasteiger partial charge in [-0.1, -0.05) is 42.5 Å². The summed E-state index contributed by atoms with van der Waals surface area (Å²) in [6.45, 7) is 1.74. The van der Waals surface area contributed by atoms with Crippen LogP contribution in [0.15, 0.2) is 73.1 Å². The average Bonchev–Trinajstić information content (AvgIpc) is 3.18. The molecule has 0 saturated heterocycles. The first-order valence-corrected chi connectivity index (χ1v) is 9.01. The Bertz CT molecular complexity index is 1100. The first-order chi connectivity index (χ1) is 13.4. The first-order valence-electron chi connectivity index (χ1n) is 9.01. The summed E-state index contributed by atoms with van der Waals surface area (Å²) < 4.78 is 1.82. The molecule has 132 valence electrons. The zero-order valence-corrected chi connectivity index (χ0v) is 14.7. The van der Waals surface area contributed by atoms with Crippen LogP contribution in [0.2, 0.25) is 0 Å². The molecule has 5 rings (SSSR count). The molecule has 4 heterocycles. The van der Waals surface area contributed by atoms with Crippen LogP contribution in [-0.4, -0.2) is 37.9 Å². The summed E-state index contributed by atoms with van der Waals surface area (Å²) in [5.41, 5.74) is 4.30. The molecule has 4 aromatic rings. The van der Waals surface area contributed by atoms with Gasteiger partial charge in [0.1, 0.15) is 5.82 Å². The smallest absolute Gasteiger partial charge is 0.185 e. The number of anilines is 1. The molecule has 0 radical (unpaired) electrons. The third-order valence-corrected chi connectivity index (χ3v) is 4.85. The molecule has 0 amide bonds. The minimum atomic E-state index is 0.751. The van der Waals surface area contributed by atoms with E-state index in [0.717, 1.165) is 42.4 Å². The van der Waals surface area contributed by atoms with E-state index in [4.69, 9.17) is 5.10 Å². The molecule has 0 saturated carbocycles. The monoisotopic (exact) mass is 354 g/mol. The maximum Gasteiger partial charge on any atom is 0.185 e. The average molecular weight is 354 g/mol. The maximum absolute atomic E-state index is 4.81. The number of fused-ring (bicyclic) bond motifs is 1. The van der Waals surface area contributed by atoms with Gasteiger partial charge in [0.15, 0.2) is 11.5 Å². The minimum Gasteiger partial charge on any atom is -0.351 e. The van der Waals surface area contributed by atoms with E-state index in [1.807, 2.05) is 65.4 Å². The van der Waals surface area contributed by atoms with Gasteiger partial charge in [0.2, 0.25) is 0 Å². The van der Waals surface area contributed by atoms with Crippen molar-refractivity contribution in [2.24, 2.45) is 0 Å². The Morgan fingerprint density at radius 1 is 0.852 bits per heavy atom. The molecule has 1 aliphatic rings. The van der Waals surface area contributed by atoms with Crippen LogP contribution in [-0.2, 0) is 0 Å². The highest BCUT2D eigenvalue weighted by atomic mass is 15.4. The van der Waals surface area contributed by atoms with Gasteiger partial charge >= 0.3 is 0 Å². The lowest BCUT2D eigenvalue weighted by Crippen LogP contribution is -2.29. The summed E-state index contributed by atoms with van der Waals surface area (Å²) in [6.07, 6.45) is 6.96. The molecule has 3 aromatic heterocycles. The van der Waals surface area contributed by atoms with Crippen molar-refractivity contribution >= 4 is 17.0 Å². The highest BCUT2D eigenvalue weighted by Crippen LogP contribution is 2.25. The quantitative estimate of drug-likeness (QED) is 0.564. The zero-order chi connectivity index (χ0) is 18.1. The zero-order valence-electron chi connectivity index (χ0n) is 14.7. The van der Waals surface area contributed by atoms with E-state index in [9.17, 15) is 0 Å². The topological polar surface area (TPSA) is 59.2 Å².